The van der Waals surface area contributed by atoms with Gasteiger partial charge in [0.1, 0.15) is 22.6 Å². The van der Waals surface area contributed by atoms with E-state index in [1.165, 1.54) is 48.0 Å². The second-order valence-electron chi connectivity index (χ2n) is 9.38. The lowest BCUT2D eigenvalue weighted by atomic mass is 9.83. The average molecular weight is 592 g/mol. The van der Waals surface area contributed by atoms with Crippen LogP contribution >= 0.6 is 23.1 Å². The highest BCUT2D eigenvalue weighted by atomic mass is 32.2. The topological polar surface area (TPSA) is 118 Å². The third-order valence-corrected chi connectivity index (χ3v) is 9.27. The number of rotatable bonds is 7. The van der Waals surface area contributed by atoms with E-state index >= 15 is 0 Å². The first kappa shape index (κ1) is 26.8. The number of hydrogen-bond donors (Lipinski definition) is 2. The fraction of sp³-hybridized carbons (Fsp3) is 0.172. The molecule has 0 spiro atoms. The number of anilines is 2. The number of nitrogens with one attached hydrogen (secondary N) is 2. The average Bonchev–Trinajstić information content (AvgIpc) is 3.47. The van der Waals surface area contributed by atoms with Crippen LogP contribution in [0.5, 0.6) is 11.5 Å². The molecule has 0 bridgehead atoms. The van der Waals surface area contributed by atoms with Crippen molar-refractivity contribution in [3.8, 4) is 11.5 Å². The van der Waals surface area contributed by atoms with Crippen LogP contribution in [0.3, 0.4) is 0 Å². The Bertz CT molecular complexity index is 1700. The summed E-state index contributed by atoms with van der Waals surface area (Å²) in [6, 6.07) is 19.0. The van der Waals surface area contributed by atoms with Gasteiger partial charge in [-0.3, -0.25) is 19.2 Å². The normalized spacial score (nSPS) is 19.5. The summed E-state index contributed by atoms with van der Waals surface area (Å²) in [6.07, 6.45) is 0. The number of methoxy groups -OCH3 is 1. The number of carbonyl (C=O) groups is 3. The Morgan fingerprint density at radius 3 is 2.49 bits per heavy atom. The van der Waals surface area contributed by atoms with Crippen LogP contribution in [0.25, 0.3) is 0 Å². The van der Waals surface area contributed by atoms with E-state index in [1.807, 2.05) is 6.07 Å². The van der Waals surface area contributed by atoms with Crippen molar-refractivity contribution in [1.82, 2.24) is 4.98 Å². The lowest BCUT2D eigenvalue weighted by Crippen LogP contribution is -2.32. The van der Waals surface area contributed by atoms with Gasteiger partial charge in [0.15, 0.2) is 6.61 Å². The summed E-state index contributed by atoms with van der Waals surface area (Å²) in [6.45, 7) is -0.307. The molecular formula is C29H22FN3O6S2. The number of nitrogens with zero attached hydrogens (tertiary/aromatic N) is 1. The summed E-state index contributed by atoms with van der Waals surface area (Å²) >= 11 is 2.21. The van der Waals surface area contributed by atoms with E-state index in [4.69, 9.17) is 9.47 Å². The fourth-order valence-electron chi connectivity index (χ4n) is 5.04. The number of halogens is 1. The van der Waals surface area contributed by atoms with Crippen LogP contribution in [0.2, 0.25) is 0 Å². The van der Waals surface area contributed by atoms with Crippen molar-refractivity contribution in [2.75, 3.05) is 23.9 Å². The molecule has 2 aliphatic heterocycles. The summed E-state index contributed by atoms with van der Waals surface area (Å²) in [5.74, 6) is -1.94. The van der Waals surface area contributed by atoms with E-state index in [0.717, 1.165) is 11.3 Å². The maximum atomic E-state index is 13.9. The fourth-order valence-corrected chi connectivity index (χ4v) is 7.55. The van der Waals surface area contributed by atoms with Crippen LogP contribution in [0.4, 0.5) is 15.8 Å². The number of carbonyl (C=O) groups excluding carboxylic acids is 3. The largest absolute Gasteiger partial charge is 0.497 e. The number of aromatic amines is 1. The highest BCUT2D eigenvalue weighted by Gasteiger charge is 2.56. The molecule has 1 fully saturated rings. The van der Waals surface area contributed by atoms with Crippen molar-refractivity contribution in [3.63, 3.8) is 0 Å². The summed E-state index contributed by atoms with van der Waals surface area (Å²) in [5.41, 5.74) is 1.54. The van der Waals surface area contributed by atoms with Gasteiger partial charge in [-0.15, -0.1) is 0 Å². The summed E-state index contributed by atoms with van der Waals surface area (Å²) < 4.78 is 24.1. The maximum Gasteiger partial charge on any atom is 0.305 e. The molecule has 3 amide bonds. The molecule has 1 aromatic heterocycles. The molecule has 4 aromatic rings. The predicted octanol–water partition coefficient (Wildman–Crippen LogP) is 4.40. The van der Waals surface area contributed by atoms with Crippen LogP contribution in [-0.2, 0) is 14.4 Å². The molecule has 0 radical (unpaired) electrons. The van der Waals surface area contributed by atoms with Gasteiger partial charge < -0.3 is 19.8 Å². The number of aromatic nitrogens is 1. The SMILES string of the molecule is COc1ccc(N2C(=O)C3Sc4[nH]c(=O)sc4C(c4cccc(OCC(=O)Nc5ccc(F)cc5)c4)C3C2=O)cc1. The first-order valence-electron chi connectivity index (χ1n) is 12.5. The van der Waals surface area contributed by atoms with Gasteiger partial charge in [-0.1, -0.05) is 35.2 Å². The number of H-pyrrole nitrogens is 1. The van der Waals surface area contributed by atoms with Crippen LogP contribution in [0.15, 0.2) is 82.6 Å². The number of imide groups is 1. The number of benzene rings is 3. The van der Waals surface area contributed by atoms with Crippen molar-refractivity contribution in [2.24, 2.45) is 5.92 Å². The number of hydrogen-bond acceptors (Lipinski definition) is 8. The van der Waals surface area contributed by atoms with Gasteiger partial charge in [-0.05, 0) is 66.2 Å². The van der Waals surface area contributed by atoms with Crippen molar-refractivity contribution >= 4 is 52.2 Å². The monoisotopic (exact) mass is 591 g/mol. The number of ether oxygens (including phenoxy) is 2. The van der Waals surface area contributed by atoms with Crippen LogP contribution < -0.4 is 24.6 Å². The molecule has 0 saturated carbocycles. The van der Waals surface area contributed by atoms with Crippen molar-refractivity contribution in [3.05, 3.63) is 98.7 Å². The molecule has 3 unspecified atom stereocenters. The summed E-state index contributed by atoms with van der Waals surface area (Å²) in [7, 11) is 1.53. The number of thiazole rings is 1. The van der Waals surface area contributed by atoms with E-state index in [1.54, 1.807) is 42.5 Å². The zero-order valence-corrected chi connectivity index (χ0v) is 23.1. The van der Waals surface area contributed by atoms with Crippen LogP contribution in [0, 0.1) is 11.7 Å². The van der Waals surface area contributed by atoms with Crippen molar-refractivity contribution in [2.45, 2.75) is 16.2 Å². The second kappa shape index (κ2) is 10.9. The Balaban J connectivity index is 1.28. The minimum Gasteiger partial charge on any atom is -0.497 e. The van der Waals surface area contributed by atoms with Crippen molar-refractivity contribution in [1.29, 1.82) is 0 Å². The standard InChI is InChI=1S/C29H22FN3O6S2/c1-38-19-11-9-18(10-12-19)33-27(35)23-22(24-26(32-29(37)41-24)40-25(23)28(33)36)15-3-2-4-20(13-15)39-14-21(34)31-17-7-5-16(30)6-8-17/h2-13,22-23,25H,14H2,1H3,(H,31,34)(H,32,37). The maximum absolute atomic E-state index is 13.9. The second-order valence-corrected chi connectivity index (χ2v) is 11.5. The lowest BCUT2D eigenvalue weighted by molar-refractivity contribution is -0.122. The number of amides is 3. The third-order valence-electron chi connectivity index (χ3n) is 6.87. The third kappa shape index (κ3) is 5.11. The molecule has 3 heterocycles. The van der Waals surface area contributed by atoms with Crippen LogP contribution in [-0.4, -0.2) is 41.7 Å². The highest BCUT2D eigenvalue weighted by molar-refractivity contribution is 8.00. The quantitative estimate of drug-likeness (QED) is 0.306. The van der Waals surface area contributed by atoms with Gasteiger partial charge in [0, 0.05) is 16.5 Å². The van der Waals surface area contributed by atoms with E-state index in [2.05, 4.69) is 10.3 Å². The molecule has 1 saturated heterocycles. The summed E-state index contributed by atoms with van der Waals surface area (Å²) in [5, 5.41) is 2.46. The molecular weight excluding hydrogens is 569 g/mol. The zero-order chi connectivity index (χ0) is 28.7. The minimum absolute atomic E-state index is 0.274. The van der Waals surface area contributed by atoms with Gasteiger partial charge in [0.25, 0.3) is 5.91 Å². The Kier molecular flexibility index (Phi) is 7.10. The number of thioether (sulfide) groups is 1. The molecule has 208 valence electrons. The zero-order valence-electron chi connectivity index (χ0n) is 21.5. The Morgan fingerprint density at radius 1 is 1.00 bits per heavy atom. The number of fused-ring (bicyclic) bond motifs is 2. The van der Waals surface area contributed by atoms with Gasteiger partial charge in [0.05, 0.1) is 23.7 Å². The van der Waals surface area contributed by atoms with Crippen molar-refractivity contribution < 1.29 is 28.2 Å². The van der Waals surface area contributed by atoms with Gasteiger partial charge in [-0.25, -0.2) is 9.29 Å². The highest BCUT2D eigenvalue weighted by Crippen LogP contribution is 2.53. The van der Waals surface area contributed by atoms with E-state index in [9.17, 15) is 23.6 Å². The van der Waals surface area contributed by atoms with Gasteiger partial charge >= 0.3 is 4.87 Å². The van der Waals surface area contributed by atoms with E-state index < -0.39 is 28.8 Å². The molecule has 41 heavy (non-hydrogen) atoms. The van der Waals surface area contributed by atoms with Crippen LogP contribution in [0.1, 0.15) is 16.4 Å². The molecule has 12 heteroatoms. The molecule has 3 aromatic carbocycles. The Labute approximate surface area is 241 Å². The van der Waals surface area contributed by atoms with E-state index in [0.29, 0.717) is 38.3 Å². The molecule has 0 aliphatic carbocycles. The van der Waals surface area contributed by atoms with Gasteiger partial charge in [-0.2, -0.15) is 0 Å². The lowest BCUT2D eigenvalue weighted by Gasteiger charge is -2.30. The molecule has 9 nitrogen and oxygen atoms in total. The van der Waals surface area contributed by atoms with Gasteiger partial charge in [0.2, 0.25) is 11.8 Å². The summed E-state index contributed by atoms with van der Waals surface area (Å²) in [4.78, 5) is 56.6. The Hall–Kier alpha value is -4.42. The Morgan fingerprint density at radius 2 is 1.76 bits per heavy atom. The predicted molar refractivity (Wildman–Crippen MR) is 152 cm³/mol. The van der Waals surface area contributed by atoms with E-state index in [-0.39, 0.29) is 23.3 Å². The molecule has 2 aliphatic rings. The first-order valence-corrected chi connectivity index (χ1v) is 14.2. The molecule has 6 rings (SSSR count). The molecule has 2 N–H and O–H groups in total. The smallest absolute Gasteiger partial charge is 0.305 e. The molecule has 3 atom stereocenters. The first-order chi connectivity index (χ1) is 19.8. The minimum atomic E-state index is -0.759.